The fourth-order valence-corrected chi connectivity index (χ4v) is 7.71. The molecule has 0 aromatic heterocycles. The molecule has 0 rings (SSSR count). The van der Waals surface area contributed by atoms with Gasteiger partial charge in [0.05, 0.1) is 11.2 Å². The quantitative estimate of drug-likeness (QED) is 0.0474. The Hall–Kier alpha value is 3.76. The Kier molecular flexibility index (Phi) is 48.3. The molecule has 0 aromatic rings. The van der Waals surface area contributed by atoms with Crippen LogP contribution in [0.2, 0.25) is 0 Å². The molecule has 0 saturated carbocycles. The molecule has 7 nitrogen and oxygen atoms in total. The van der Waals surface area contributed by atoms with Gasteiger partial charge in [0.2, 0.25) is 0 Å². The summed E-state index contributed by atoms with van der Waals surface area (Å²) in [5.74, 6) is -3.91. The first kappa shape index (κ1) is 57.5. The molecule has 11 heteroatoms. The van der Waals surface area contributed by atoms with Crippen LogP contribution in [0, 0.1) is 5.41 Å². The van der Waals surface area contributed by atoms with Gasteiger partial charge in [0.25, 0.3) is 0 Å². The van der Waals surface area contributed by atoms with Crippen molar-refractivity contribution in [2.24, 2.45) is 5.41 Å². The molecular weight excluding hydrogens is 694 g/mol. The molecule has 0 fully saturated rings. The van der Waals surface area contributed by atoms with E-state index in [0.29, 0.717) is 25.7 Å². The van der Waals surface area contributed by atoms with E-state index in [-0.39, 0.29) is 167 Å². The van der Waals surface area contributed by atoms with Crippen molar-refractivity contribution >= 4 is 22.1 Å². The summed E-state index contributed by atoms with van der Waals surface area (Å²) in [6, 6.07) is 0. The van der Waals surface area contributed by atoms with E-state index >= 15 is 0 Å². The summed E-state index contributed by atoms with van der Waals surface area (Å²) in [7, 11) is -5.44. The number of aliphatic carboxylic acids is 2. The average molecular weight is 761 g/mol. The van der Waals surface area contributed by atoms with Crippen molar-refractivity contribution in [3.05, 3.63) is 0 Å². The van der Waals surface area contributed by atoms with Crippen molar-refractivity contribution in [2.75, 3.05) is 0 Å². The second-order valence-corrected chi connectivity index (χ2v) is 14.8. The second kappa shape index (κ2) is 39.5. The first-order valence-electron chi connectivity index (χ1n) is 18.5. The monoisotopic (exact) mass is 760 g/mol. The van der Waals surface area contributed by atoms with E-state index in [2.05, 4.69) is 13.8 Å². The van der Waals surface area contributed by atoms with Crippen LogP contribution in [0.25, 0.3) is 0 Å². The molecule has 0 aliphatic heterocycles. The van der Waals surface area contributed by atoms with E-state index in [1.807, 2.05) is 0 Å². The molecule has 0 aliphatic rings. The minimum atomic E-state index is -5.44. The average Bonchev–Trinajstić information content (AvgIpc) is 2.96. The van der Waals surface area contributed by atoms with Gasteiger partial charge in [-0.1, -0.05) is 194 Å². The molecule has 0 amide bonds. The number of unbranched alkanes of at least 4 members (excludes halogenated alkanes) is 26. The van der Waals surface area contributed by atoms with Crippen molar-refractivity contribution in [1.29, 1.82) is 0 Å². The fourth-order valence-electron chi connectivity index (χ4n) is 6.59. The number of hydrogen-bond acceptors (Lipinski definition) is 7. The molecule has 0 heterocycles. The Labute approximate surface area is 418 Å². The summed E-state index contributed by atoms with van der Waals surface area (Å²) in [6.45, 7) is 4.45. The SMILES string of the molecule is CCCCCCCCCCCCCCCCC(CCCCCCCCCCCCCCCC)(C(=O)[O-])C(C(=O)[O-])S(=O)(=O)[O-].[K+].[K+].[K+]. The summed E-state index contributed by atoms with van der Waals surface area (Å²) < 4.78 is 35.9. The molecule has 0 N–H and O–H groups in total. The fraction of sp³-hybridized carbons (Fsp3) is 0.944. The third kappa shape index (κ3) is 31.8. The van der Waals surface area contributed by atoms with Crippen molar-refractivity contribution in [1.82, 2.24) is 0 Å². The number of rotatable bonds is 34. The minimum absolute atomic E-state index is 0. The largest absolute Gasteiger partial charge is 1.00 e. The molecule has 0 bridgehead atoms. The molecule has 0 spiro atoms. The van der Waals surface area contributed by atoms with Crippen LogP contribution in [0.1, 0.15) is 206 Å². The topological polar surface area (TPSA) is 137 Å². The molecule has 0 aliphatic carbocycles. The van der Waals surface area contributed by atoms with E-state index in [9.17, 15) is 32.8 Å². The van der Waals surface area contributed by atoms with Crippen molar-refractivity contribution in [2.45, 2.75) is 212 Å². The van der Waals surface area contributed by atoms with Gasteiger partial charge in [0, 0.05) is 11.4 Å². The summed E-state index contributed by atoms with van der Waals surface area (Å²) in [6.07, 6.45) is 30.5. The normalized spacial score (nSPS) is 12.1. The molecule has 0 aromatic carbocycles. The summed E-state index contributed by atoms with van der Waals surface area (Å²) >= 11 is 0. The Morgan fingerprint density at radius 2 is 0.681 bits per heavy atom. The minimum Gasteiger partial charge on any atom is -0.747 e. The van der Waals surface area contributed by atoms with E-state index < -0.39 is 32.7 Å². The predicted octanol–water partition coefficient (Wildman–Crippen LogP) is -0.859. The summed E-state index contributed by atoms with van der Waals surface area (Å²) in [5.41, 5.74) is -2.26. The van der Waals surface area contributed by atoms with Gasteiger partial charge >= 0.3 is 154 Å². The first-order chi connectivity index (χ1) is 21.1. The van der Waals surface area contributed by atoms with E-state index in [1.54, 1.807) is 0 Å². The molecule has 1 unspecified atom stereocenters. The molecule has 262 valence electrons. The van der Waals surface area contributed by atoms with Gasteiger partial charge < -0.3 is 24.4 Å². The Balaban J connectivity index is -0.00000308. The van der Waals surface area contributed by atoms with Crippen LogP contribution in [0.4, 0.5) is 0 Å². The van der Waals surface area contributed by atoms with Crippen LogP contribution in [0.3, 0.4) is 0 Å². The number of hydrogen-bond donors (Lipinski definition) is 0. The van der Waals surface area contributed by atoms with E-state index in [0.717, 1.165) is 51.4 Å². The Bertz CT molecular complexity index is 780. The van der Waals surface area contributed by atoms with Crippen molar-refractivity contribution in [3.63, 3.8) is 0 Å². The zero-order chi connectivity index (χ0) is 32.9. The van der Waals surface area contributed by atoms with Gasteiger partial charge in [-0.15, -0.1) is 0 Å². The van der Waals surface area contributed by atoms with Crippen LogP contribution in [0.5, 0.6) is 0 Å². The van der Waals surface area contributed by atoms with Gasteiger partial charge in [0.15, 0.2) is 0 Å². The van der Waals surface area contributed by atoms with Gasteiger partial charge in [-0.3, -0.25) is 0 Å². The summed E-state index contributed by atoms with van der Waals surface area (Å²) in [4.78, 5) is 24.1. The number of carboxylic acid groups (broad SMARTS) is 2. The standard InChI is InChI=1S/C36H70O7S.3K/c1-3-5-7-9-11-13-15-17-19-21-23-25-27-29-31-36(35(39)40,33(34(37)38)44(41,42)43)32-30-28-26-24-22-20-18-16-14-12-10-8-6-4-2;;;/h33H,3-32H2,1-2H3,(H,37,38)(H,39,40)(H,41,42,43);;;/q;3*+1/p-3. The molecule has 0 radical (unpaired) electrons. The van der Waals surface area contributed by atoms with Crippen LogP contribution < -0.4 is 164 Å². The third-order valence-corrected chi connectivity index (χ3v) is 10.6. The van der Waals surface area contributed by atoms with Crippen LogP contribution >= 0.6 is 0 Å². The smallest absolute Gasteiger partial charge is 0.747 e. The molecule has 0 saturated heterocycles. The molecular formula is C36H67K3O7S. The number of carboxylic acids is 2. The van der Waals surface area contributed by atoms with Crippen molar-refractivity contribution in [3.8, 4) is 0 Å². The van der Waals surface area contributed by atoms with Gasteiger partial charge in [0.1, 0.15) is 10.1 Å². The van der Waals surface area contributed by atoms with Crippen LogP contribution in [-0.4, -0.2) is 30.2 Å². The third-order valence-electron chi connectivity index (χ3n) is 9.36. The zero-order valence-corrected chi connectivity index (χ0v) is 41.7. The van der Waals surface area contributed by atoms with Crippen LogP contribution in [-0.2, 0) is 19.7 Å². The number of carbonyl (C=O) groups excluding carboxylic acids is 2. The maximum Gasteiger partial charge on any atom is 1.00 e. The summed E-state index contributed by atoms with van der Waals surface area (Å²) in [5, 5.41) is 21.5. The van der Waals surface area contributed by atoms with E-state index in [1.165, 1.54) is 103 Å². The predicted molar refractivity (Wildman–Crippen MR) is 176 cm³/mol. The Morgan fingerprint density at radius 1 is 0.468 bits per heavy atom. The zero-order valence-electron chi connectivity index (χ0n) is 31.6. The van der Waals surface area contributed by atoms with Gasteiger partial charge in [-0.2, -0.15) is 0 Å². The van der Waals surface area contributed by atoms with Crippen molar-refractivity contribution < 1.29 is 187 Å². The maximum absolute atomic E-state index is 12.3. The van der Waals surface area contributed by atoms with Gasteiger partial charge in [-0.25, -0.2) is 8.42 Å². The first-order valence-corrected chi connectivity index (χ1v) is 20.0. The number of carbonyl (C=O) groups is 2. The molecule has 1 atom stereocenters. The second-order valence-electron chi connectivity index (χ2n) is 13.3. The maximum atomic E-state index is 12.3. The van der Waals surface area contributed by atoms with E-state index in [4.69, 9.17) is 0 Å². The van der Waals surface area contributed by atoms with Crippen LogP contribution in [0.15, 0.2) is 0 Å². The Morgan fingerprint density at radius 3 is 0.851 bits per heavy atom. The van der Waals surface area contributed by atoms with Gasteiger partial charge in [-0.05, 0) is 12.8 Å². The molecule has 47 heavy (non-hydrogen) atoms.